The van der Waals surface area contributed by atoms with E-state index in [1.54, 1.807) is 0 Å². The van der Waals surface area contributed by atoms with Gasteiger partial charge in [-0.05, 0) is 42.2 Å². The second-order valence-corrected chi connectivity index (χ2v) is 6.22. The largest absolute Gasteiger partial charge is 0.378 e. The molecule has 0 radical (unpaired) electrons. The molecule has 2 aromatic carbocycles. The Labute approximate surface area is 127 Å². The summed E-state index contributed by atoms with van der Waals surface area (Å²) in [5.41, 5.74) is 5.65. The molecule has 2 unspecified atom stereocenters. The van der Waals surface area contributed by atoms with E-state index in [0.29, 0.717) is 12.0 Å². The summed E-state index contributed by atoms with van der Waals surface area (Å²) in [7, 11) is 4.15. The lowest BCUT2D eigenvalue weighted by molar-refractivity contribution is 0.489. The summed E-state index contributed by atoms with van der Waals surface area (Å²) in [6.07, 6.45) is 1.22. The van der Waals surface area contributed by atoms with Crippen LogP contribution in [-0.2, 0) is 6.42 Å². The maximum atomic E-state index is 3.68. The number of benzene rings is 2. The van der Waals surface area contributed by atoms with Crippen LogP contribution in [0.2, 0.25) is 0 Å². The van der Waals surface area contributed by atoms with Gasteiger partial charge in [0.05, 0.1) is 0 Å². The lowest BCUT2D eigenvalue weighted by Crippen LogP contribution is -2.30. The van der Waals surface area contributed by atoms with E-state index in [-0.39, 0.29) is 0 Å². The second-order valence-electron chi connectivity index (χ2n) is 6.22. The van der Waals surface area contributed by atoms with Crippen molar-refractivity contribution in [2.45, 2.75) is 25.3 Å². The summed E-state index contributed by atoms with van der Waals surface area (Å²) in [5, 5.41) is 3.68. The van der Waals surface area contributed by atoms with Gasteiger partial charge >= 0.3 is 0 Å². The Bertz CT molecular complexity index is 601. The van der Waals surface area contributed by atoms with Crippen LogP contribution in [0.5, 0.6) is 0 Å². The van der Waals surface area contributed by atoms with E-state index >= 15 is 0 Å². The first-order valence-electron chi connectivity index (χ1n) is 7.73. The van der Waals surface area contributed by atoms with Crippen LogP contribution >= 0.6 is 0 Å². The molecular weight excluding hydrogens is 256 g/mol. The minimum Gasteiger partial charge on any atom is -0.378 e. The van der Waals surface area contributed by atoms with E-state index < -0.39 is 0 Å². The molecule has 0 amide bonds. The Kier molecular flexibility index (Phi) is 3.98. The van der Waals surface area contributed by atoms with E-state index in [1.807, 2.05) is 0 Å². The van der Waals surface area contributed by atoms with Gasteiger partial charge in [-0.1, -0.05) is 36.4 Å². The monoisotopic (exact) mass is 280 g/mol. The Hall–Kier alpha value is -1.80. The van der Waals surface area contributed by atoms with Gasteiger partial charge in [0, 0.05) is 38.3 Å². The molecule has 2 nitrogen and oxygen atoms in total. The fourth-order valence-electron chi connectivity index (χ4n) is 3.04. The zero-order valence-corrected chi connectivity index (χ0v) is 13.1. The van der Waals surface area contributed by atoms with Gasteiger partial charge in [0.15, 0.2) is 0 Å². The van der Waals surface area contributed by atoms with Gasteiger partial charge in [-0.15, -0.1) is 0 Å². The number of anilines is 1. The van der Waals surface area contributed by atoms with Crippen LogP contribution in [0.25, 0.3) is 0 Å². The van der Waals surface area contributed by atoms with Crippen LogP contribution in [0.4, 0.5) is 5.69 Å². The fraction of sp³-hybridized carbons (Fsp3) is 0.368. The third kappa shape index (κ3) is 2.96. The second kappa shape index (κ2) is 5.90. The Morgan fingerprint density at radius 1 is 1.10 bits per heavy atom. The van der Waals surface area contributed by atoms with Crippen molar-refractivity contribution in [2.75, 3.05) is 25.5 Å². The average molecular weight is 280 g/mol. The highest BCUT2D eigenvalue weighted by atomic mass is 15.1. The molecule has 2 aromatic rings. The van der Waals surface area contributed by atoms with Gasteiger partial charge < -0.3 is 10.2 Å². The van der Waals surface area contributed by atoms with Crippen LogP contribution in [0.1, 0.15) is 35.6 Å². The van der Waals surface area contributed by atoms with Crippen molar-refractivity contribution in [3.63, 3.8) is 0 Å². The number of nitrogens with zero attached hydrogens (tertiary/aromatic N) is 1. The van der Waals surface area contributed by atoms with E-state index in [4.69, 9.17) is 0 Å². The quantitative estimate of drug-likeness (QED) is 0.897. The zero-order chi connectivity index (χ0) is 14.8. The standard InChI is InChI=1S/C19H24N2/c1-14(15-8-10-18(11-9-15)21(2)3)20-13-17-12-16-6-4-5-7-19(16)17/h4-11,14,17,20H,12-13H2,1-3H3. The normalized spacial score (nSPS) is 17.8. The zero-order valence-electron chi connectivity index (χ0n) is 13.1. The molecule has 0 saturated heterocycles. The van der Waals surface area contributed by atoms with Crippen molar-refractivity contribution >= 4 is 5.69 Å². The average Bonchev–Trinajstić information content (AvgIpc) is 2.48. The van der Waals surface area contributed by atoms with Crippen molar-refractivity contribution in [3.05, 3.63) is 65.2 Å². The Balaban J connectivity index is 1.56. The van der Waals surface area contributed by atoms with Gasteiger partial charge in [0.25, 0.3) is 0 Å². The van der Waals surface area contributed by atoms with Gasteiger partial charge in [0.2, 0.25) is 0 Å². The highest BCUT2D eigenvalue weighted by molar-refractivity contribution is 5.46. The van der Waals surface area contributed by atoms with Crippen molar-refractivity contribution in [1.82, 2.24) is 5.32 Å². The third-order valence-corrected chi connectivity index (χ3v) is 4.54. The minimum atomic E-state index is 0.397. The molecule has 0 aromatic heterocycles. The topological polar surface area (TPSA) is 15.3 Å². The summed E-state index contributed by atoms with van der Waals surface area (Å²) in [4.78, 5) is 2.13. The molecule has 110 valence electrons. The number of hydrogen-bond donors (Lipinski definition) is 1. The third-order valence-electron chi connectivity index (χ3n) is 4.54. The minimum absolute atomic E-state index is 0.397. The molecule has 1 N–H and O–H groups in total. The van der Waals surface area contributed by atoms with Gasteiger partial charge in [-0.2, -0.15) is 0 Å². The SMILES string of the molecule is CC(NCC1Cc2ccccc21)c1ccc(N(C)C)cc1. The maximum absolute atomic E-state index is 3.68. The van der Waals surface area contributed by atoms with E-state index in [2.05, 4.69) is 79.8 Å². The lowest BCUT2D eigenvalue weighted by atomic mass is 9.77. The van der Waals surface area contributed by atoms with Crippen molar-refractivity contribution in [2.24, 2.45) is 0 Å². The van der Waals surface area contributed by atoms with Crippen LogP contribution in [-0.4, -0.2) is 20.6 Å². The van der Waals surface area contributed by atoms with Crippen LogP contribution in [0.3, 0.4) is 0 Å². The van der Waals surface area contributed by atoms with Crippen molar-refractivity contribution < 1.29 is 0 Å². The summed E-state index contributed by atoms with van der Waals surface area (Å²) < 4.78 is 0. The molecule has 1 aliphatic rings. The molecule has 2 atom stereocenters. The number of fused-ring (bicyclic) bond motifs is 1. The van der Waals surface area contributed by atoms with Gasteiger partial charge in [-0.25, -0.2) is 0 Å². The molecule has 21 heavy (non-hydrogen) atoms. The molecule has 0 aliphatic heterocycles. The van der Waals surface area contributed by atoms with Crippen LogP contribution in [0.15, 0.2) is 48.5 Å². The lowest BCUT2D eigenvalue weighted by Gasteiger charge is -2.31. The first-order valence-corrected chi connectivity index (χ1v) is 7.73. The first kappa shape index (κ1) is 14.2. The summed E-state index contributed by atoms with van der Waals surface area (Å²) in [6, 6.07) is 18.0. The maximum Gasteiger partial charge on any atom is 0.0361 e. The molecule has 1 aliphatic carbocycles. The number of rotatable bonds is 5. The Morgan fingerprint density at radius 2 is 1.81 bits per heavy atom. The highest BCUT2D eigenvalue weighted by Gasteiger charge is 2.25. The Morgan fingerprint density at radius 3 is 2.48 bits per heavy atom. The van der Waals surface area contributed by atoms with Crippen LogP contribution in [0, 0.1) is 0 Å². The molecule has 0 spiro atoms. The highest BCUT2D eigenvalue weighted by Crippen LogP contribution is 2.34. The summed E-state index contributed by atoms with van der Waals surface area (Å²) >= 11 is 0. The molecule has 0 bridgehead atoms. The molecule has 3 rings (SSSR count). The number of hydrogen-bond acceptors (Lipinski definition) is 2. The molecule has 0 fully saturated rings. The molecule has 0 heterocycles. The van der Waals surface area contributed by atoms with E-state index in [0.717, 1.165) is 6.54 Å². The van der Waals surface area contributed by atoms with Gasteiger partial charge in [0.1, 0.15) is 0 Å². The van der Waals surface area contributed by atoms with Crippen LogP contribution < -0.4 is 10.2 Å². The molecule has 2 heteroatoms. The van der Waals surface area contributed by atoms with Crippen molar-refractivity contribution in [3.8, 4) is 0 Å². The first-order chi connectivity index (χ1) is 10.1. The predicted molar refractivity (Wildman–Crippen MR) is 90.1 cm³/mol. The molecular formula is C19H24N2. The smallest absolute Gasteiger partial charge is 0.0361 e. The van der Waals surface area contributed by atoms with Gasteiger partial charge in [-0.3, -0.25) is 0 Å². The van der Waals surface area contributed by atoms with Crippen molar-refractivity contribution in [1.29, 1.82) is 0 Å². The molecule has 0 saturated carbocycles. The fourth-order valence-corrected chi connectivity index (χ4v) is 3.04. The number of nitrogens with one attached hydrogen (secondary N) is 1. The van der Waals surface area contributed by atoms with E-state index in [1.165, 1.54) is 28.8 Å². The summed E-state index contributed by atoms with van der Waals surface area (Å²) in [5.74, 6) is 0.685. The van der Waals surface area contributed by atoms with E-state index in [9.17, 15) is 0 Å². The summed E-state index contributed by atoms with van der Waals surface area (Å²) in [6.45, 7) is 3.31. The predicted octanol–water partition coefficient (Wildman–Crippen LogP) is 3.74.